The summed E-state index contributed by atoms with van der Waals surface area (Å²) in [5.74, 6) is -1.08. The molecule has 2 aliphatic rings. The summed E-state index contributed by atoms with van der Waals surface area (Å²) in [4.78, 5) is 28.3. The minimum atomic E-state index is -0.562. The van der Waals surface area contributed by atoms with Crippen molar-refractivity contribution < 1.29 is 14.0 Å². The average molecular weight is 290 g/mol. The van der Waals surface area contributed by atoms with Gasteiger partial charge in [-0.3, -0.25) is 9.59 Å². The van der Waals surface area contributed by atoms with Gasteiger partial charge in [0.15, 0.2) is 0 Å². The Bertz CT molecular complexity index is 538. The molecule has 3 rings (SSSR count). The number of hydrogen-bond acceptors (Lipinski definition) is 2. The van der Waals surface area contributed by atoms with E-state index >= 15 is 0 Å². The number of benzene rings is 1. The summed E-state index contributed by atoms with van der Waals surface area (Å²) < 4.78 is 13.0. The van der Waals surface area contributed by atoms with E-state index in [-0.39, 0.29) is 17.6 Å². The molecule has 0 bridgehead atoms. The number of anilines is 1. The van der Waals surface area contributed by atoms with Crippen molar-refractivity contribution >= 4 is 17.5 Å². The van der Waals surface area contributed by atoms with Gasteiger partial charge in [-0.2, -0.15) is 0 Å². The number of likely N-dealkylation sites (tertiary alicyclic amines) is 1. The Morgan fingerprint density at radius 3 is 2.38 bits per heavy atom. The Morgan fingerprint density at radius 2 is 1.71 bits per heavy atom. The van der Waals surface area contributed by atoms with E-state index < -0.39 is 5.92 Å². The third-order valence-electron chi connectivity index (χ3n) is 4.31. The van der Waals surface area contributed by atoms with Gasteiger partial charge in [0, 0.05) is 25.3 Å². The Labute approximate surface area is 123 Å². The van der Waals surface area contributed by atoms with Gasteiger partial charge in [0.2, 0.25) is 11.8 Å². The molecular formula is C16H19FN2O2. The van der Waals surface area contributed by atoms with Crippen molar-refractivity contribution in [1.29, 1.82) is 0 Å². The fraction of sp³-hybridized carbons (Fsp3) is 0.500. The zero-order valence-electron chi connectivity index (χ0n) is 11.9. The zero-order chi connectivity index (χ0) is 14.8. The van der Waals surface area contributed by atoms with Crippen LogP contribution in [-0.2, 0) is 9.59 Å². The number of amides is 2. The van der Waals surface area contributed by atoms with Gasteiger partial charge >= 0.3 is 0 Å². The summed E-state index contributed by atoms with van der Waals surface area (Å²) in [6.07, 6.45) is 3.75. The van der Waals surface area contributed by atoms with Crippen LogP contribution in [-0.4, -0.2) is 36.3 Å². The maximum absolute atomic E-state index is 13.0. The number of hydrogen-bond donors (Lipinski definition) is 0. The minimum Gasteiger partial charge on any atom is -0.342 e. The molecule has 0 aliphatic carbocycles. The largest absolute Gasteiger partial charge is 0.342 e. The van der Waals surface area contributed by atoms with E-state index in [1.54, 1.807) is 17.0 Å². The Balaban J connectivity index is 1.71. The molecule has 1 aromatic carbocycles. The Morgan fingerprint density at radius 1 is 1.05 bits per heavy atom. The molecule has 0 aromatic heterocycles. The Kier molecular flexibility index (Phi) is 3.90. The second-order valence-corrected chi connectivity index (χ2v) is 5.69. The smallest absolute Gasteiger partial charge is 0.239 e. The van der Waals surface area contributed by atoms with Gasteiger partial charge in [-0.15, -0.1) is 0 Å². The van der Waals surface area contributed by atoms with Crippen molar-refractivity contribution in [2.24, 2.45) is 5.92 Å². The van der Waals surface area contributed by atoms with E-state index in [1.807, 2.05) is 4.90 Å². The van der Waals surface area contributed by atoms with Crippen LogP contribution in [0.4, 0.5) is 10.1 Å². The van der Waals surface area contributed by atoms with Crippen LogP contribution in [0.1, 0.15) is 25.7 Å². The number of carbonyl (C=O) groups is 2. The Hall–Kier alpha value is -1.91. The number of rotatable bonds is 2. The molecule has 0 saturated carbocycles. The number of piperidine rings is 1. The molecule has 2 heterocycles. The normalized spacial score (nSPS) is 22.7. The van der Waals surface area contributed by atoms with Crippen molar-refractivity contribution in [3.8, 4) is 0 Å². The summed E-state index contributed by atoms with van der Waals surface area (Å²) in [6.45, 7) is 2.05. The van der Waals surface area contributed by atoms with Gasteiger partial charge < -0.3 is 9.80 Å². The third-order valence-corrected chi connectivity index (χ3v) is 4.31. The average Bonchev–Trinajstić information content (AvgIpc) is 2.90. The molecule has 112 valence electrons. The lowest BCUT2D eigenvalue weighted by Crippen LogP contribution is -2.42. The molecule has 21 heavy (non-hydrogen) atoms. The molecule has 1 aromatic rings. The standard InChI is InChI=1S/C16H19FN2O2/c17-12-4-6-13(7-5-12)19-11-8-14(16(19)21)15(20)18-9-2-1-3-10-18/h4-7,14H,1-3,8-11H2. The first-order valence-corrected chi connectivity index (χ1v) is 7.52. The summed E-state index contributed by atoms with van der Waals surface area (Å²) in [5, 5.41) is 0. The van der Waals surface area contributed by atoms with Crippen molar-refractivity contribution in [3.63, 3.8) is 0 Å². The molecular weight excluding hydrogens is 271 g/mol. The second kappa shape index (κ2) is 5.84. The van der Waals surface area contributed by atoms with E-state index in [2.05, 4.69) is 0 Å². The van der Waals surface area contributed by atoms with Gasteiger partial charge in [0.25, 0.3) is 0 Å². The van der Waals surface area contributed by atoms with Crippen LogP contribution in [0, 0.1) is 11.7 Å². The van der Waals surface area contributed by atoms with Gasteiger partial charge in [-0.25, -0.2) is 4.39 Å². The summed E-state index contributed by atoms with van der Waals surface area (Å²) >= 11 is 0. The fourth-order valence-electron chi connectivity index (χ4n) is 3.12. The van der Waals surface area contributed by atoms with Crippen molar-refractivity contribution in [1.82, 2.24) is 4.90 Å². The van der Waals surface area contributed by atoms with Crippen LogP contribution in [0.15, 0.2) is 24.3 Å². The molecule has 1 atom stereocenters. The van der Waals surface area contributed by atoms with Crippen LogP contribution < -0.4 is 4.90 Å². The first kappa shape index (κ1) is 14.0. The highest BCUT2D eigenvalue weighted by molar-refractivity contribution is 6.09. The van der Waals surface area contributed by atoms with Gasteiger partial charge in [-0.05, 0) is 49.9 Å². The van der Waals surface area contributed by atoms with Crippen LogP contribution in [0.2, 0.25) is 0 Å². The maximum Gasteiger partial charge on any atom is 0.239 e. The number of carbonyl (C=O) groups excluding carboxylic acids is 2. The second-order valence-electron chi connectivity index (χ2n) is 5.69. The molecule has 1 unspecified atom stereocenters. The SMILES string of the molecule is O=C(C1CCN(c2ccc(F)cc2)C1=O)N1CCCCC1. The van der Waals surface area contributed by atoms with E-state index in [9.17, 15) is 14.0 Å². The molecule has 0 spiro atoms. The quantitative estimate of drug-likeness (QED) is 0.783. The molecule has 4 nitrogen and oxygen atoms in total. The molecule has 5 heteroatoms. The molecule has 0 N–H and O–H groups in total. The summed E-state index contributed by atoms with van der Waals surface area (Å²) in [6, 6.07) is 5.84. The lowest BCUT2D eigenvalue weighted by molar-refractivity contribution is -0.140. The van der Waals surface area contributed by atoms with Gasteiger partial charge in [0.05, 0.1) is 0 Å². The van der Waals surface area contributed by atoms with Crippen LogP contribution in [0.25, 0.3) is 0 Å². The predicted octanol–water partition coefficient (Wildman–Crippen LogP) is 2.19. The summed E-state index contributed by atoms with van der Waals surface area (Å²) in [5.41, 5.74) is 0.662. The first-order valence-electron chi connectivity index (χ1n) is 7.52. The van der Waals surface area contributed by atoms with Crippen molar-refractivity contribution in [2.75, 3.05) is 24.5 Å². The van der Waals surface area contributed by atoms with Crippen LogP contribution in [0.3, 0.4) is 0 Å². The highest BCUT2D eigenvalue weighted by Gasteiger charge is 2.39. The van der Waals surface area contributed by atoms with Crippen molar-refractivity contribution in [2.45, 2.75) is 25.7 Å². The highest BCUT2D eigenvalue weighted by Crippen LogP contribution is 2.27. The third kappa shape index (κ3) is 2.77. The predicted molar refractivity (Wildman–Crippen MR) is 77.3 cm³/mol. The maximum atomic E-state index is 13.0. The molecule has 2 fully saturated rings. The van der Waals surface area contributed by atoms with E-state index in [1.165, 1.54) is 12.1 Å². The minimum absolute atomic E-state index is 0.0377. The monoisotopic (exact) mass is 290 g/mol. The zero-order valence-corrected chi connectivity index (χ0v) is 11.9. The first-order chi connectivity index (χ1) is 10.2. The molecule has 0 radical (unpaired) electrons. The number of halogens is 1. The molecule has 2 aliphatic heterocycles. The topological polar surface area (TPSA) is 40.6 Å². The lowest BCUT2D eigenvalue weighted by atomic mass is 10.0. The highest BCUT2D eigenvalue weighted by atomic mass is 19.1. The molecule has 2 saturated heterocycles. The van der Waals surface area contributed by atoms with Crippen LogP contribution in [0.5, 0.6) is 0 Å². The number of nitrogens with zero attached hydrogens (tertiary/aromatic N) is 2. The van der Waals surface area contributed by atoms with Crippen LogP contribution >= 0.6 is 0 Å². The van der Waals surface area contributed by atoms with E-state index in [0.717, 1.165) is 32.4 Å². The summed E-state index contributed by atoms with van der Waals surface area (Å²) in [7, 11) is 0. The van der Waals surface area contributed by atoms with Gasteiger partial charge in [-0.1, -0.05) is 0 Å². The van der Waals surface area contributed by atoms with E-state index in [0.29, 0.717) is 18.7 Å². The van der Waals surface area contributed by atoms with Gasteiger partial charge in [0.1, 0.15) is 11.7 Å². The fourth-order valence-corrected chi connectivity index (χ4v) is 3.12. The van der Waals surface area contributed by atoms with Crippen molar-refractivity contribution in [3.05, 3.63) is 30.1 Å². The lowest BCUT2D eigenvalue weighted by Gasteiger charge is -2.28. The van der Waals surface area contributed by atoms with E-state index in [4.69, 9.17) is 0 Å². The molecule has 2 amide bonds.